The fourth-order valence-corrected chi connectivity index (χ4v) is 2.13. The number of carbonyl (C=O) groups excluding carboxylic acids is 1. The number of benzene rings is 2. The molecule has 0 saturated carbocycles. The minimum absolute atomic E-state index is 0.244. The lowest BCUT2D eigenvalue weighted by Crippen LogP contribution is -2.30. The van der Waals surface area contributed by atoms with E-state index in [2.05, 4.69) is 15.6 Å². The van der Waals surface area contributed by atoms with Crippen LogP contribution >= 0.6 is 0 Å². The van der Waals surface area contributed by atoms with E-state index in [4.69, 9.17) is 0 Å². The summed E-state index contributed by atoms with van der Waals surface area (Å²) in [5, 5.41) is 18.1. The van der Waals surface area contributed by atoms with E-state index in [0.29, 0.717) is 11.4 Å². The Morgan fingerprint density at radius 3 is 2.42 bits per heavy atom. The van der Waals surface area contributed by atoms with Gasteiger partial charge in [-0.3, -0.25) is 10.2 Å². The van der Waals surface area contributed by atoms with Crippen molar-refractivity contribution in [2.45, 2.75) is 6.92 Å². The van der Waals surface area contributed by atoms with E-state index in [9.17, 15) is 14.7 Å². The van der Waals surface area contributed by atoms with Crippen LogP contribution in [0.2, 0.25) is 0 Å². The zero-order valence-corrected chi connectivity index (χ0v) is 12.8. The highest BCUT2D eigenvalue weighted by Gasteiger charge is 2.37. The number of nitrogens with zero attached hydrogens (tertiary/aromatic N) is 3. The van der Waals surface area contributed by atoms with Crippen molar-refractivity contribution < 1.29 is 14.7 Å². The van der Waals surface area contributed by atoms with E-state index in [-0.39, 0.29) is 5.71 Å². The van der Waals surface area contributed by atoms with E-state index in [1.54, 1.807) is 42.5 Å². The van der Waals surface area contributed by atoms with Gasteiger partial charge in [0.25, 0.3) is 0 Å². The van der Waals surface area contributed by atoms with Gasteiger partial charge >= 0.3 is 11.9 Å². The SMILES string of the molecule is Cc1ccc(N/N=C2\C(=O)N(c3ccccc3)N=C2C(=O)O)cc1. The van der Waals surface area contributed by atoms with Gasteiger partial charge in [-0.1, -0.05) is 35.9 Å². The number of hydrogen-bond acceptors (Lipinski definition) is 5. The molecule has 3 rings (SSSR count). The van der Waals surface area contributed by atoms with Crippen molar-refractivity contribution in [3.8, 4) is 0 Å². The number of amides is 1. The van der Waals surface area contributed by atoms with Crippen LogP contribution < -0.4 is 10.4 Å². The molecule has 2 N–H and O–H groups in total. The predicted molar refractivity (Wildman–Crippen MR) is 91.2 cm³/mol. The van der Waals surface area contributed by atoms with Crippen molar-refractivity contribution in [1.82, 2.24) is 0 Å². The van der Waals surface area contributed by atoms with Crippen molar-refractivity contribution in [3.63, 3.8) is 0 Å². The van der Waals surface area contributed by atoms with Gasteiger partial charge in [0.1, 0.15) is 0 Å². The van der Waals surface area contributed by atoms with Crippen LogP contribution in [0.15, 0.2) is 64.8 Å². The molecule has 2 aromatic rings. The zero-order valence-electron chi connectivity index (χ0n) is 12.8. The van der Waals surface area contributed by atoms with E-state index < -0.39 is 17.6 Å². The minimum Gasteiger partial charge on any atom is -0.476 e. The van der Waals surface area contributed by atoms with Gasteiger partial charge in [0.2, 0.25) is 5.71 Å². The molecule has 0 fully saturated rings. The number of aryl methyl sites for hydroxylation is 1. The highest BCUT2D eigenvalue weighted by atomic mass is 16.4. The number of nitrogens with one attached hydrogen (secondary N) is 1. The Hall–Kier alpha value is -3.48. The molecule has 0 spiro atoms. The summed E-state index contributed by atoms with van der Waals surface area (Å²) >= 11 is 0. The van der Waals surface area contributed by atoms with Crippen LogP contribution in [0.3, 0.4) is 0 Å². The normalized spacial score (nSPS) is 15.5. The molecule has 7 heteroatoms. The topological polar surface area (TPSA) is 94.4 Å². The molecule has 0 aromatic heterocycles. The summed E-state index contributed by atoms with van der Waals surface area (Å²) in [7, 11) is 0. The van der Waals surface area contributed by atoms with Crippen molar-refractivity contribution in [1.29, 1.82) is 0 Å². The Morgan fingerprint density at radius 1 is 1.12 bits per heavy atom. The summed E-state index contributed by atoms with van der Waals surface area (Å²) in [4.78, 5) is 23.8. The molecule has 2 aromatic carbocycles. The fourth-order valence-electron chi connectivity index (χ4n) is 2.13. The molecular formula is C17H14N4O3. The first-order chi connectivity index (χ1) is 11.6. The van der Waals surface area contributed by atoms with Gasteiger partial charge in [-0.2, -0.15) is 15.2 Å². The molecule has 1 aliphatic heterocycles. The number of hydrogen-bond donors (Lipinski definition) is 2. The molecule has 7 nitrogen and oxygen atoms in total. The molecule has 0 aliphatic carbocycles. The smallest absolute Gasteiger partial charge is 0.358 e. The van der Waals surface area contributed by atoms with Gasteiger partial charge in [-0.25, -0.2) is 4.79 Å². The first kappa shape index (κ1) is 15.4. The van der Waals surface area contributed by atoms with Crippen LogP contribution in [0.5, 0.6) is 0 Å². The summed E-state index contributed by atoms with van der Waals surface area (Å²) in [6.45, 7) is 1.95. The third-order valence-electron chi connectivity index (χ3n) is 3.37. The van der Waals surface area contributed by atoms with Crippen LogP contribution in [0.4, 0.5) is 11.4 Å². The molecule has 0 unspecified atom stereocenters. The van der Waals surface area contributed by atoms with E-state index in [1.165, 1.54) is 0 Å². The first-order valence-corrected chi connectivity index (χ1v) is 7.18. The lowest BCUT2D eigenvalue weighted by molar-refractivity contribution is -0.129. The molecule has 0 atom stereocenters. The molecule has 24 heavy (non-hydrogen) atoms. The van der Waals surface area contributed by atoms with Crippen molar-refractivity contribution in [2.24, 2.45) is 10.2 Å². The Kier molecular flexibility index (Phi) is 4.07. The van der Waals surface area contributed by atoms with Crippen LogP contribution in [0.1, 0.15) is 5.56 Å². The maximum atomic E-state index is 12.5. The maximum Gasteiger partial charge on any atom is 0.358 e. The third-order valence-corrected chi connectivity index (χ3v) is 3.37. The molecule has 0 radical (unpaired) electrons. The molecule has 1 amide bonds. The number of rotatable bonds is 4. The average Bonchev–Trinajstić information content (AvgIpc) is 2.92. The number of para-hydroxylation sites is 1. The van der Waals surface area contributed by atoms with Gasteiger partial charge in [0, 0.05) is 0 Å². The third kappa shape index (κ3) is 3.00. The van der Waals surface area contributed by atoms with Crippen LogP contribution in [0, 0.1) is 6.92 Å². The number of carbonyl (C=O) groups is 2. The van der Waals surface area contributed by atoms with Crippen LogP contribution in [-0.4, -0.2) is 28.4 Å². The Balaban J connectivity index is 1.90. The Morgan fingerprint density at radius 2 is 1.79 bits per heavy atom. The lowest BCUT2D eigenvalue weighted by atomic mass is 10.2. The molecule has 1 aliphatic rings. The molecule has 120 valence electrons. The Bertz CT molecular complexity index is 842. The van der Waals surface area contributed by atoms with Crippen LogP contribution in [0.25, 0.3) is 0 Å². The van der Waals surface area contributed by atoms with Crippen molar-refractivity contribution in [3.05, 3.63) is 60.2 Å². The van der Waals surface area contributed by atoms with Gasteiger partial charge in [0.05, 0.1) is 11.4 Å². The summed E-state index contributed by atoms with van der Waals surface area (Å²) in [5.41, 5.74) is 4.25. The summed E-state index contributed by atoms with van der Waals surface area (Å²) in [6, 6.07) is 15.9. The number of hydrazone groups is 2. The number of aliphatic carboxylic acids is 1. The average molecular weight is 322 g/mol. The standard InChI is InChI=1S/C17H14N4O3/c1-11-7-9-12(10-8-11)18-19-14-15(17(23)24)20-21(16(14)22)13-5-3-2-4-6-13/h2-10,18H,1H3,(H,23,24)/b19-14-. The second-order valence-electron chi connectivity index (χ2n) is 5.14. The maximum absolute atomic E-state index is 12.5. The lowest BCUT2D eigenvalue weighted by Gasteiger charge is -2.10. The highest BCUT2D eigenvalue weighted by molar-refractivity contribution is 6.83. The molecule has 1 heterocycles. The second-order valence-corrected chi connectivity index (χ2v) is 5.14. The monoisotopic (exact) mass is 322 g/mol. The quantitative estimate of drug-likeness (QED) is 0.844. The van der Waals surface area contributed by atoms with Crippen molar-refractivity contribution in [2.75, 3.05) is 10.4 Å². The number of carboxylic acid groups (broad SMARTS) is 1. The van der Waals surface area contributed by atoms with Gasteiger partial charge < -0.3 is 5.11 Å². The fraction of sp³-hybridized carbons (Fsp3) is 0.0588. The van der Waals surface area contributed by atoms with Crippen LogP contribution in [-0.2, 0) is 9.59 Å². The molecule has 0 saturated heterocycles. The Labute approximate surface area is 137 Å². The summed E-state index contributed by atoms with van der Waals surface area (Å²) in [5.74, 6) is -1.91. The zero-order chi connectivity index (χ0) is 17.1. The van der Waals surface area contributed by atoms with Gasteiger partial charge in [-0.15, -0.1) is 0 Å². The number of anilines is 2. The van der Waals surface area contributed by atoms with Crippen molar-refractivity contribution >= 4 is 34.7 Å². The van der Waals surface area contributed by atoms with Gasteiger partial charge in [-0.05, 0) is 31.2 Å². The predicted octanol–water partition coefficient (Wildman–Crippen LogP) is 2.25. The van der Waals surface area contributed by atoms with E-state index >= 15 is 0 Å². The highest BCUT2D eigenvalue weighted by Crippen LogP contribution is 2.19. The van der Waals surface area contributed by atoms with E-state index in [1.807, 2.05) is 19.1 Å². The first-order valence-electron chi connectivity index (χ1n) is 7.18. The van der Waals surface area contributed by atoms with Gasteiger partial charge in [0.15, 0.2) is 5.71 Å². The second kappa shape index (κ2) is 6.33. The largest absolute Gasteiger partial charge is 0.476 e. The summed E-state index contributed by atoms with van der Waals surface area (Å²) in [6.07, 6.45) is 0. The van der Waals surface area contributed by atoms with E-state index in [0.717, 1.165) is 10.6 Å². The number of carboxylic acids is 1. The summed E-state index contributed by atoms with van der Waals surface area (Å²) < 4.78 is 0. The minimum atomic E-state index is -1.31. The molecule has 0 bridgehead atoms. The molecular weight excluding hydrogens is 308 g/mol.